The van der Waals surface area contributed by atoms with Crippen molar-refractivity contribution in [1.82, 2.24) is 14.9 Å². The first kappa shape index (κ1) is 19.7. The molecular formula is C24H24N4O2. The van der Waals surface area contributed by atoms with E-state index in [-0.39, 0.29) is 11.8 Å². The normalized spacial score (nSPS) is 16.7. The molecule has 1 unspecified atom stereocenters. The Labute approximate surface area is 176 Å². The number of nitrogens with one attached hydrogen (secondary N) is 1. The number of amides is 1. The van der Waals surface area contributed by atoms with Gasteiger partial charge in [-0.25, -0.2) is 4.98 Å². The molecule has 1 atom stereocenters. The number of imidazole rings is 1. The van der Waals surface area contributed by atoms with Crippen molar-refractivity contribution in [3.8, 4) is 17.6 Å². The average Bonchev–Trinajstić information content (AvgIpc) is 3.20. The summed E-state index contributed by atoms with van der Waals surface area (Å²) in [6.45, 7) is 0.805. The second kappa shape index (κ2) is 8.83. The molecule has 2 heterocycles. The Bertz CT molecular complexity index is 1070. The molecule has 0 aliphatic carbocycles. The lowest BCUT2D eigenvalue weighted by Crippen LogP contribution is -2.30. The number of nitriles is 1. The van der Waals surface area contributed by atoms with Crippen molar-refractivity contribution in [2.75, 3.05) is 13.6 Å². The molecule has 30 heavy (non-hydrogen) atoms. The summed E-state index contributed by atoms with van der Waals surface area (Å²) in [4.78, 5) is 21.9. The van der Waals surface area contributed by atoms with Crippen molar-refractivity contribution in [2.45, 2.75) is 31.6 Å². The number of aromatic amines is 1. The molecular weight excluding hydrogens is 376 g/mol. The van der Waals surface area contributed by atoms with E-state index in [9.17, 15) is 10.1 Å². The monoisotopic (exact) mass is 400 g/mol. The fourth-order valence-corrected chi connectivity index (χ4v) is 3.87. The summed E-state index contributed by atoms with van der Waals surface area (Å²) >= 11 is 0. The minimum atomic E-state index is -0.151. The summed E-state index contributed by atoms with van der Waals surface area (Å²) < 4.78 is 6.11. The maximum absolute atomic E-state index is 12.7. The highest BCUT2D eigenvalue weighted by Gasteiger charge is 2.26. The Morgan fingerprint density at radius 1 is 1.27 bits per heavy atom. The molecule has 0 bridgehead atoms. The predicted octanol–water partition coefficient (Wildman–Crippen LogP) is 4.39. The molecule has 1 N–H and O–H groups in total. The Kier molecular flexibility index (Phi) is 5.80. The number of carbonyl (C=O) groups is 1. The highest BCUT2D eigenvalue weighted by atomic mass is 16.5. The fraction of sp³-hybridized carbons (Fsp3) is 0.292. The van der Waals surface area contributed by atoms with Gasteiger partial charge < -0.3 is 14.6 Å². The number of hydrogen-bond donors (Lipinski definition) is 1. The maximum Gasteiger partial charge on any atom is 0.229 e. The summed E-state index contributed by atoms with van der Waals surface area (Å²) in [5.74, 6) is 1.98. The number of rotatable bonds is 5. The first-order chi connectivity index (χ1) is 14.6. The van der Waals surface area contributed by atoms with Crippen molar-refractivity contribution in [3.63, 3.8) is 0 Å². The van der Waals surface area contributed by atoms with Gasteiger partial charge in [0.25, 0.3) is 0 Å². The van der Waals surface area contributed by atoms with Gasteiger partial charge in [-0.2, -0.15) is 5.26 Å². The van der Waals surface area contributed by atoms with E-state index in [2.05, 4.69) is 16.0 Å². The van der Waals surface area contributed by atoms with Gasteiger partial charge in [0.2, 0.25) is 5.91 Å². The number of likely N-dealkylation sites (tertiary alicyclic amines) is 1. The molecule has 1 amide bonds. The molecule has 0 saturated carbocycles. The van der Waals surface area contributed by atoms with E-state index in [1.807, 2.05) is 48.3 Å². The zero-order valence-corrected chi connectivity index (χ0v) is 17.0. The van der Waals surface area contributed by atoms with Crippen LogP contribution in [-0.2, 0) is 11.2 Å². The van der Waals surface area contributed by atoms with E-state index in [1.165, 1.54) is 0 Å². The van der Waals surface area contributed by atoms with Crippen LogP contribution in [0, 0.1) is 11.3 Å². The van der Waals surface area contributed by atoms with E-state index in [0.717, 1.165) is 42.8 Å². The molecule has 1 saturated heterocycles. The van der Waals surface area contributed by atoms with E-state index >= 15 is 0 Å². The topological polar surface area (TPSA) is 82.0 Å². The van der Waals surface area contributed by atoms with E-state index < -0.39 is 0 Å². The minimum absolute atomic E-state index is 0.151. The van der Waals surface area contributed by atoms with Crippen molar-refractivity contribution < 1.29 is 9.53 Å². The Hall–Kier alpha value is -3.59. The third kappa shape index (κ3) is 4.36. The van der Waals surface area contributed by atoms with Crippen LogP contribution in [0.4, 0.5) is 0 Å². The third-order valence-corrected chi connectivity index (χ3v) is 5.49. The van der Waals surface area contributed by atoms with Gasteiger partial charge in [-0.1, -0.05) is 24.6 Å². The first-order valence-corrected chi connectivity index (χ1v) is 10.2. The van der Waals surface area contributed by atoms with Gasteiger partial charge >= 0.3 is 0 Å². The Morgan fingerprint density at radius 2 is 2.17 bits per heavy atom. The summed E-state index contributed by atoms with van der Waals surface area (Å²) in [6, 6.07) is 15.4. The number of hydrogen-bond acceptors (Lipinski definition) is 4. The van der Waals surface area contributed by atoms with Gasteiger partial charge in [0.15, 0.2) is 0 Å². The van der Waals surface area contributed by atoms with E-state index in [1.54, 1.807) is 18.5 Å². The lowest BCUT2D eigenvalue weighted by Gasteiger charge is -2.20. The van der Waals surface area contributed by atoms with Crippen LogP contribution < -0.4 is 4.74 Å². The summed E-state index contributed by atoms with van der Waals surface area (Å²) in [6.07, 6.45) is 7.02. The van der Waals surface area contributed by atoms with Gasteiger partial charge in [-0.05, 0) is 48.2 Å². The largest absolute Gasteiger partial charge is 0.456 e. The van der Waals surface area contributed by atoms with Crippen LogP contribution in [0.3, 0.4) is 0 Å². The van der Waals surface area contributed by atoms with Gasteiger partial charge in [0.05, 0.1) is 11.5 Å². The smallest absolute Gasteiger partial charge is 0.229 e. The maximum atomic E-state index is 12.7. The molecule has 2 aromatic carbocycles. The second-order valence-electron chi connectivity index (χ2n) is 7.64. The van der Waals surface area contributed by atoms with Crippen LogP contribution >= 0.6 is 0 Å². The quantitative estimate of drug-likeness (QED) is 0.689. The Morgan fingerprint density at radius 3 is 2.97 bits per heavy atom. The molecule has 6 nitrogen and oxygen atoms in total. The van der Waals surface area contributed by atoms with Crippen LogP contribution in [0.25, 0.3) is 0 Å². The zero-order chi connectivity index (χ0) is 20.9. The molecule has 1 aliphatic heterocycles. The summed E-state index contributed by atoms with van der Waals surface area (Å²) in [5, 5.41) is 9.50. The van der Waals surface area contributed by atoms with Crippen molar-refractivity contribution in [2.24, 2.45) is 0 Å². The number of H-pyrrole nitrogens is 1. The summed E-state index contributed by atoms with van der Waals surface area (Å²) in [7, 11) is 1.87. The highest BCUT2D eigenvalue weighted by Crippen LogP contribution is 2.32. The average molecular weight is 400 g/mol. The standard InChI is InChI=1S/C24H24N4O2/c1-28-12-3-2-7-21(24(28)29)18-5-4-6-20(15-18)30-22-13-17(8-9-19(22)16-25)14-23-26-10-11-27-23/h4-6,8-11,13,15,21H,2-3,7,12,14H2,1H3,(H,26,27). The second-order valence-corrected chi connectivity index (χ2v) is 7.64. The van der Waals surface area contributed by atoms with Crippen LogP contribution in [0.15, 0.2) is 54.9 Å². The summed E-state index contributed by atoms with van der Waals surface area (Å²) in [5.41, 5.74) is 2.42. The van der Waals surface area contributed by atoms with Crippen LogP contribution in [0.2, 0.25) is 0 Å². The van der Waals surface area contributed by atoms with Crippen LogP contribution in [-0.4, -0.2) is 34.4 Å². The highest BCUT2D eigenvalue weighted by molar-refractivity contribution is 5.83. The van der Waals surface area contributed by atoms with Crippen molar-refractivity contribution in [3.05, 3.63) is 77.4 Å². The van der Waals surface area contributed by atoms with E-state index in [4.69, 9.17) is 4.74 Å². The molecule has 0 spiro atoms. The van der Waals surface area contributed by atoms with Crippen molar-refractivity contribution in [1.29, 1.82) is 5.26 Å². The molecule has 1 fully saturated rings. The first-order valence-electron chi connectivity index (χ1n) is 10.2. The van der Waals surface area contributed by atoms with Gasteiger partial charge in [-0.3, -0.25) is 4.79 Å². The van der Waals surface area contributed by atoms with Crippen molar-refractivity contribution >= 4 is 5.91 Å². The number of carbonyl (C=O) groups excluding carboxylic acids is 1. The van der Waals surface area contributed by atoms with Crippen LogP contribution in [0.5, 0.6) is 11.5 Å². The molecule has 3 aromatic rings. The molecule has 4 rings (SSSR count). The molecule has 6 heteroatoms. The minimum Gasteiger partial charge on any atom is -0.456 e. The number of benzene rings is 2. The fourth-order valence-electron chi connectivity index (χ4n) is 3.87. The number of aromatic nitrogens is 2. The molecule has 0 radical (unpaired) electrons. The van der Waals surface area contributed by atoms with Gasteiger partial charge in [0.1, 0.15) is 23.4 Å². The molecule has 1 aliphatic rings. The number of likely N-dealkylation sites (N-methyl/N-ethyl adjacent to an activating group) is 1. The predicted molar refractivity (Wildman–Crippen MR) is 113 cm³/mol. The van der Waals surface area contributed by atoms with Gasteiger partial charge in [0, 0.05) is 32.4 Å². The lowest BCUT2D eigenvalue weighted by atomic mass is 9.93. The van der Waals surface area contributed by atoms with Gasteiger partial charge in [-0.15, -0.1) is 0 Å². The van der Waals surface area contributed by atoms with Crippen LogP contribution in [0.1, 0.15) is 47.7 Å². The Balaban J connectivity index is 1.59. The molecule has 152 valence electrons. The number of nitrogens with zero attached hydrogens (tertiary/aromatic N) is 3. The SMILES string of the molecule is CN1CCCCC(c2cccc(Oc3cc(Cc4ncc[nH]4)ccc3C#N)c2)C1=O. The van der Waals surface area contributed by atoms with E-state index in [0.29, 0.717) is 23.5 Å². The third-order valence-electron chi connectivity index (χ3n) is 5.49. The molecule has 1 aromatic heterocycles. The number of ether oxygens (including phenoxy) is 1. The lowest BCUT2D eigenvalue weighted by molar-refractivity contribution is -0.130. The zero-order valence-electron chi connectivity index (χ0n) is 17.0.